The SMILES string of the molecule is CC1=CC(N(C2=CC3=C(CCC=C3)CC2)C2=CCC(F)CC2)C2C=C3C4C5=C(CCC1=C52)C(N(c1ccc(F)cc1)c1ccc2ccccc2c1)=CC4CCC3(C)C. The molecule has 11 rings (SSSR count). The monoisotopic (exact) mass is 768 g/mol. The minimum absolute atomic E-state index is 0.0800. The second-order valence-corrected chi connectivity index (χ2v) is 18.8. The summed E-state index contributed by atoms with van der Waals surface area (Å²) in [6.45, 7) is 7.34. The summed E-state index contributed by atoms with van der Waals surface area (Å²) in [6.07, 6.45) is 27.1. The Balaban J connectivity index is 1.11. The molecule has 0 aliphatic heterocycles. The highest BCUT2D eigenvalue weighted by Gasteiger charge is 2.52. The molecule has 0 heterocycles. The van der Waals surface area contributed by atoms with Crippen molar-refractivity contribution in [3.63, 3.8) is 0 Å². The lowest BCUT2D eigenvalue weighted by Gasteiger charge is -2.55. The van der Waals surface area contributed by atoms with Crippen LogP contribution in [0.4, 0.5) is 20.2 Å². The van der Waals surface area contributed by atoms with Crippen LogP contribution in [-0.2, 0) is 0 Å². The van der Waals surface area contributed by atoms with Crippen LogP contribution in [0.2, 0.25) is 0 Å². The van der Waals surface area contributed by atoms with E-state index in [1.165, 1.54) is 50.2 Å². The Morgan fingerprint density at radius 1 is 0.759 bits per heavy atom. The molecular weight excluding hydrogens is 715 g/mol. The first kappa shape index (κ1) is 36.1. The van der Waals surface area contributed by atoms with Crippen molar-refractivity contribution in [2.45, 2.75) is 104 Å². The van der Waals surface area contributed by atoms with Crippen LogP contribution < -0.4 is 4.90 Å². The average Bonchev–Trinajstić information content (AvgIpc) is 3.24. The lowest BCUT2D eigenvalue weighted by Crippen LogP contribution is -2.48. The number of benzene rings is 3. The number of rotatable bonds is 6. The van der Waals surface area contributed by atoms with Crippen molar-refractivity contribution in [2.75, 3.05) is 4.90 Å². The summed E-state index contributed by atoms with van der Waals surface area (Å²) >= 11 is 0. The Morgan fingerprint density at radius 2 is 1.57 bits per heavy atom. The number of nitrogens with zero attached hydrogens (tertiary/aromatic N) is 2. The zero-order chi connectivity index (χ0) is 39.3. The zero-order valence-electron chi connectivity index (χ0n) is 34.2. The highest BCUT2D eigenvalue weighted by Crippen LogP contribution is 2.63. The molecule has 58 heavy (non-hydrogen) atoms. The quantitative estimate of drug-likeness (QED) is 0.231. The van der Waals surface area contributed by atoms with Gasteiger partial charge in [-0.1, -0.05) is 91.8 Å². The van der Waals surface area contributed by atoms with Crippen molar-refractivity contribution in [3.8, 4) is 0 Å². The fraction of sp³-hybridized carbons (Fsp3) is 0.370. The molecule has 1 saturated carbocycles. The predicted molar refractivity (Wildman–Crippen MR) is 234 cm³/mol. The third-order valence-corrected chi connectivity index (χ3v) is 15.0. The number of halogens is 2. The van der Waals surface area contributed by atoms with Crippen molar-refractivity contribution < 1.29 is 8.78 Å². The van der Waals surface area contributed by atoms with Crippen LogP contribution in [0.5, 0.6) is 0 Å². The molecule has 0 bridgehead atoms. The second-order valence-electron chi connectivity index (χ2n) is 18.8. The Bertz CT molecular complexity index is 2530. The molecule has 0 saturated heterocycles. The van der Waals surface area contributed by atoms with E-state index >= 15 is 0 Å². The molecule has 3 aromatic carbocycles. The molecule has 0 amide bonds. The van der Waals surface area contributed by atoms with Crippen LogP contribution in [0, 0.1) is 29.0 Å². The molecule has 0 aromatic heterocycles. The summed E-state index contributed by atoms with van der Waals surface area (Å²) in [5.41, 5.74) is 18.3. The Kier molecular flexibility index (Phi) is 8.61. The van der Waals surface area contributed by atoms with Crippen LogP contribution in [0.25, 0.3) is 10.8 Å². The molecule has 294 valence electrons. The van der Waals surface area contributed by atoms with Crippen LogP contribution >= 0.6 is 0 Å². The molecule has 3 aromatic rings. The van der Waals surface area contributed by atoms with E-state index in [1.54, 1.807) is 34.4 Å². The van der Waals surface area contributed by atoms with Crippen LogP contribution in [0.3, 0.4) is 0 Å². The topological polar surface area (TPSA) is 6.48 Å². The van der Waals surface area contributed by atoms with Gasteiger partial charge in [-0.05, 0) is 176 Å². The molecule has 0 radical (unpaired) electrons. The van der Waals surface area contributed by atoms with Crippen molar-refractivity contribution in [3.05, 3.63) is 177 Å². The summed E-state index contributed by atoms with van der Waals surface area (Å²) in [5, 5.41) is 2.41. The average molecular weight is 769 g/mol. The van der Waals surface area contributed by atoms with Crippen molar-refractivity contribution in [1.82, 2.24) is 4.90 Å². The lowest BCUT2D eigenvalue weighted by atomic mass is 9.51. The maximum absolute atomic E-state index is 14.9. The zero-order valence-corrected chi connectivity index (χ0v) is 34.2. The number of allylic oxidation sites excluding steroid dienone is 14. The standard InChI is InChI=1S/C54H54F2N2/c1-33-28-49(57(41-20-14-39(55)15-21-41)43-18-12-34-8-4-6-10-36(34)29-43)47-32-48-51-38(26-27-54(48,2)3)31-50(46-25-24-45(33)52(47)53(46)51)58(42-22-16-40(56)17-23-42)44-19-13-35-9-5-7-11-37(35)30-44/h5-7,9-11,13,16-17,19-20,22-23,28-32,38-39,47,49,51H,4,8,12,14-15,18,21,24-27H2,1-3H3. The van der Waals surface area contributed by atoms with Crippen LogP contribution in [0.15, 0.2) is 171 Å². The maximum atomic E-state index is 14.9. The Morgan fingerprint density at radius 3 is 2.40 bits per heavy atom. The summed E-state index contributed by atoms with van der Waals surface area (Å²) in [7, 11) is 0. The number of hydrogen-bond donors (Lipinski definition) is 0. The van der Waals surface area contributed by atoms with Gasteiger partial charge in [-0.2, -0.15) is 0 Å². The van der Waals surface area contributed by atoms with Gasteiger partial charge >= 0.3 is 0 Å². The molecule has 4 heteroatoms. The fourth-order valence-corrected chi connectivity index (χ4v) is 12.2. The molecule has 2 nitrogen and oxygen atoms in total. The molecule has 0 spiro atoms. The summed E-state index contributed by atoms with van der Waals surface area (Å²) in [6, 6.07) is 22.6. The number of anilines is 2. The van der Waals surface area contributed by atoms with Gasteiger partial charge in [0.2, 0.25) is 0 Å². The minimum atomic E-state index is -0.762. The number of hydrogen-bond acceptors (Lipinski definition) is 2. The molecule has 8 aliphatic carbocycles. The second kappa shape index (κ2) is 13.8. The van der Waals surface area contributed by atoms with Gasteiger partial charge in [0, 0.05) is 40.3 Å². The van der Waals surface area contributed by atoms with Gasteiger partial charge in [0.25, 0.3) is 0 Å². The van der Waals surface area contributed by atoms with Crippen LogP contribution in [0.1, 0.15) is 91.4 Å². The van der Waals surface area contributed by atoms with E-state index in [-0.39, 0.29) is 23.2 Å². The maximum Gasteiger partial charge on any atom is 0.123 e. The van der Waals surface area contributed by atoms with E-state index in [0.29, 0.717) is 24.7 Å². The highest BCUT2D eigenvalue weighted by molar-refractivity contribution is 5.88. The van der Waals surface area contributed by atoms with Gasteiger partial charge in [0.05, 0.1) is 6.04 Å². The van der Waals surface area contributed by atoms with E-state index in [9.17, 15) is 8.78 Å². The Hall–Kier alpha value is -4.96. The van der Waals surface area contributed by atoms with Gasteiger partial charge in [-0.25, -0.2) is 8.78 Å². The van der Waals surface area contributed by atoms with Gasteiger partial charge in [0.1, 0.15) is 12.0 Å². The fourth-order valence-electron chi connectivity index (χ4n) is 12.2. The first-order valence-corrected chi connectivity index (χ1v) is 22.1. The normalized spacial score (nSPS) is 28.2. The van der Waals surface area contributed by atoms with Gasteiger partial charge < -0.3 is 9.80 Å². The third kappa shape index (κ3) is 5.83. The third-order valence-electron chi connectivity index (χ3n) is 15.0. The van der Waals surface area contributed by atoms with E-state index in [0.717, 1.165) is 69.2 Å². The first-order valence-electron chi connectivity index (χ1n) is 22.1. The van der Waals surface area contributed by atoms with Crippen molar-refractivity contribution in [1.29, 1.82) is 0 Å². The number of alkyl halides is 1. The predicted octanol–water partition coefficient (Wildman–Crippen LogP) is 14.4. The minimum Gasteiger partial charge on any atom is -0.341 e. The van der Waals surface area contributed by atoms with E-state index in [4.69, 9.17) is 0 Å². The van der Waals surface area contributed by atoms with E-state index in [2.05, 4.69) is 116 Å². The molecular formula is C54H54F2N2. The van der Waals surface area contributed by atoms with E-state index < -0.39 is 6.17 Å². The lowest BCUT2D eigenvalue weighted by molar-refractivity contribution is 0.222. The molecule has 1 fully saturated rings. The van der Waals surface area contributed by atoms with Crippen molar-refractivity contribution in [2.24, 2.45) is 23.2 Å². The van der Waals surface area contributed by atoms with Crippen LogP contribution in [-0.4, -0.2) is 17.1 Å². The van der Waals surface area contributed by atoms with Gasteiger partial charge in [-0.3, -0.25) is 0 Å². The summed E-state index contributed by atoms with van der Waals surface area (Å²) in [4.78, 5) is 5.14. The molecule has 8 aliphatic rings. The van der Waals surface area contributed by atoms with E-state index in [1.807, 2.05) is 12.1 Å². The Labute approximate surface area is 343 Å². The number of fused-ring (bicyclic) bond motifs is 1. The summed E-state index contributed by atoms with van der Waals surface area (Å²) in [5.74, 6) is 0.696. The molecule has 5 unspecified atom stereocenters. The highest BCUT2D eigenvalue weighted by atomic mass is 19.1. The molecule has 5 atom stereocenters. The largest absolute Gasteiger partial charge is 0.341 e. The van der Waals surface area contributed by atoms with Gasteiger partial charge in [-0.15, -0.1) is 0 Å². The smallest absolute Gasteiger partial charge is 0.123 e. The molecule has 0 N–H and O–H groups in total. The summed E-state index contributed by atoms with van der Waals surface area (Å²) < 4.78 is 29.5. The first-order chi connectivity index (χ1) is 28.2. The van der Waals surface area contributed by atoms with Gasteiger partial charge in [0.15, 0.2) is 0 Å². The van der Waals surface area contributed by atoms with Crippen molar-refractivity contribution >= 4 is 22.1 Å².